The Balaban J connectivity index is 1.39. The van der Waals surface area contributed by atoms with Crippen molar-refractivity contribution in [3.8, 4) is 17.0 Å². The fraction of sp³-hybridized carbons (Fsp3) is 0.333. The molecule has 0 spiro atoms. The molecule has 0 saturated carbocycles. The van der Waals surface area contributed by atoms with Crippen molar-refractivity contribution in [3.05, 3.63) is 71.9 Å². The SMILES string of the molecule is CCOc1ccc(CCC(=O)N(C)CCCc2cc(-c3ccccc3)n[nH]2)cc1. The lowest BCUT2D eigenvalue weighted by Gasteiger charge is -2.17. The molecule has 0 atom stereocenters. The molecule has 1 N–H and O–H groups in total. The summed E-state index contributed by atoms with van der Waals surface area (Å²) in [4.78, 5) is 14.2. The number of amides is 1. The van der Waals surface area contributed by atoms with E-state index in [-0.39, 0.29) is 5.91 Å². The highest BCUT2D eigenvalue weighted by atomic mass is 16.5. The molecule has 1 aromatic heterocycles. The summed E-state index contributed by atoms with van der Waals surface area (Å²) in [6.07, 6.45) is 3.04. The largest absolute Gasteiger partial charge is 0.494 e. The minimum atomic E-state index is 0.175. The van der Waals surface area contributed by atoms with Crippen molar-refractivity contribution < 1.29 is 9.53 Å². The van der Waals surface area contributed by atoms with Crippen molar-refractivity contribution in [2.24, 2.45) is 0 Å². The second kappa shape index (κ2) is 10.5. The molecule has 1 heterocycles. The molecule has 0 aliphatic carbocycles. The number of carbonyl (C=O) groups excluding carboxylic acids is 1. The number of aromatic nitrogens is 2. The number of hydrogen-bond acceptors (Lipinski definition) is 3. The molecule has 0 unspecified atom stereocenters. The van der Waals surface area contributed by atoms with Gasteiger partial charge in [0.05, 0.1) is 12.3 Å². The number of H-pyrrole nitrogens is 1. The highest BCUT2D eigenvalue weighted by Gasteiger charge is 2.10. The van der Waals surface area contributed by atoms with Crippen LogP contribution >= 0.6 is 0 Å². The Morgan fingerprint density at radius 1 is 1.07 bits per heavy atom. The predicted molar refractivity (Wildman–Crippen MR) is 116 cm³/mol. The number of aryl methyl sites for hydroxylation is 2. The van der Waals surface area contributed by atoms with Gasteiger partial charge in [-0.25, -0.2) is 0 Å². The lowest BCUT2D eigenvalue weighted by atomic mass is 10.1. The maximum atomic E-state index is 12.4. The fourth-order valence-corrected chi connectivity index (χ4v) is 3.24. The summed E-state index contributed by atoms with van der Waals surface area (Å²) in [7, 11) is 1.88. The van der Waals surface area contributed by atoms with Gasteiger partial charge in [0.15, 0.2) is 0 Å². The number of aromatic amines is 1. The molecule has 0 fully saturated rings. The van der Waals surface area contributed by atoms with E-state index in [1.807, 2.05) is 61.3 Å². The highest BCUT2D eigenvalue weighted by molar-refractivity contribution is 5.76. The van der Waals surface area contributed by atoms with E-state index >= 15 is 0 Å². The fourth-order valence-electron chi connectivity index (χ4n) is 3.24. The lowest BCUT2D eigenvalue weighted by Crippen LogP contribution is -2.28. The van der Waals surface area contributed by atoms with E-state index in [0.717, 1.165) is 54.1 Å². The van der Waals surface area contributed by atoms with E-state index < -0.39 is 0 Å². The Kier molecular flexibility index (Phi) is 7.45. The van der Waals surface area contributed by atoms with Gasteiger partial charge in [0.2, 0.25) is 5.91 Å². The first-order chi connectivity index (χ1) is 14.2. The molecule has 0 aliphatic rings. The molecular formula is C24H29N3O2. The summed E-state index contributed by atoms with van der Waals surface area (Å²) in [6.45, 7) is 3.37. The number of hydrogen-bond donors (Lipinski definition) is 1. The summed E-state index contributed by atoms with van der Waals surface area (Å²) in [5, 5.41) is 7.49. The number of ether oxygens (including phenoxy) is 1. The number of benzene rings is 2. The van der Waals surface area contributed by atoms with Gasteiger partial charge < -0.3 is 9.64 Å². The first-order valence-corrected chi connectivity index (χ1v) is 10.2. The van der Waals surface area contributed by atoms with Gasteiger partial charge in [0, 0.05) is 31.3 Å². The van der Waals surface area contributed by atoms with Crippen LogP contribution in [-0.4, -0.2) is 41.2 Å². The summed E-state index contributed by atoms with van der Waals surface area (Å²) in [5.74, 6) is 1.04. The molecule has 0 saturated heterocycles. The third kappa shape index (κ3) is 6.21. The van der Waals surface area contributed by atoms with Crippen molar-refractivity contribution in [2.75, 3.05) is 20.2 Å². The molecule has 2 aromatic carbocycles. The van der Waals surface area contributed by atoms with Gasteiger partial charge in [-0.3, -0.25) is 9.89 Å². The van der Waals surface area contributed by atoms with Crippen LogP contribution in [0.5, 0.6) is 5.75 Å². The zero-order chi connectivity index (χ0) is 20.5. The van der Waals surface area contributed by atoms with Crippen molar-refractivity contribution in [1.82, 2.24) is 15.1 Å². The molecule has 152 valence electrons. The Morgan fingerprint density at radius 2 is 1.83 bits per heavy atom. The molecule has 5 heteroatoms. The van der Waals surface area contributed by atoms with Gasteiger partial charge in [0.25, 0.3) is 0 Å². The van der Waals surface area contributed by atoms with Crippen LogP contribution < -0.4 is 4.74 Å². The van der Waals surface area contributed by atoms with E-state index in [9.17, 15) is 4.79 Å². The van der Waals surface area contributed by atoms with Crippen LogP contribution in [0.3, 0.4) is 0 Å². The zero-order valence-electron chi connectivity index (χ0n) is 17.2. The van der Waals surface area contributed by atoms with E-state index in [2.05, 4.69) is 28.4 Å². The Hall–Kier alpha value is -3.08. The summed E-state index contributed by atoms with van der Waals surface area (Å²) in [5.41, 5.74) is 4.32. The van der Waals surface area contributed by atoms with Crippen molar-refractivity contribution >= 4 is 5.91 Å². The predicted octanol–water partition coefficient (Wildman–Crippen LogP) is 4.50. The van der Waals surface area contributed by atoms with Crippen LogP contribution in [-0.2, 0) is 17.6 Å². The summed E-state index contributed by atoms with van der Waals surface area (Å²) < 4.78 is 5.45. The van der Waals surface area contributed by atoms with Crippen LogP contribution in [0, 0.1) is 0 Å². The quantitative estimate of drug-likeness (QED) is 0.554. The van der Waals surface area contributed by atoms with E-state index in [1.54, 1.807) is 0 Å². The molecule has 3 rings (SSSR count). The lowest BCUT2D eigenvalue weighted by molar-refractivity contribution is -0.129. The molecule has 1 amide bonds. The third-order valence-corrected chi connectivity index (χ3v) is 4.93. The zero-order valence-corrected chi connectivity index (χ0v) is 17.2. The Bertz CT molecular complexity index is 888. The summed E-state index contributed by atoms with van der Waals surface area (Å²) >= 11 is 0. The summed E-state index contributed by atoms with van der Waals surface area (Å²) in [6, 6.07) is 20.2. The maximum absolute atomic E-state index is 12.4. The first-order valence-electron chi connectivity index (χ1n) is 10.2. The normalized spacial score (nSPS) is 10.7. The van der Waals surface area contributed by atoms with E-state index in [1.165, 1.54) is 0 Å². The van der Waals surface area contributed by atoms with Gasteiger partial charge >= 0.3 is 0 Å². The standard InChI is InChI=1S/C24H29N3O2/c1-3-29-22-14-11-19(12-15-22)13-16-24(28)27(2)17-7-10-21-18-23(26-25-21)20-8-5-4-6-9-20/h4-6,8-9,11-12,14-15,18H,3,7,10,13,16-17H2,1-2H3,(H,25,26). The average molecular weight is 392 g/mol. The van der Waals surface area contributed by atoms with Crippen LogP contribution in [0.25, 0.3) is 11.3 Å². The molecule has 3 aromatic rings. The second-order valence-corrected chi connectivity index (χ2v) is 7.14. The van der Waals surface area contributed by atoms with Gasteiger partial charge in [-0.15, -0.1) is 0 Å². The second-order valence-electron chi connectivity index (χ2n) is 7.14. The molecular weight excluding hydrogens is 362 g/mol. The number of nitrogens with one attached hydrogen (secondary N) is 1. The third-order valence-electron chi connectivity index (χ3n) is 4.93. The van der Waals surface area contributed by atoms with Crippen LogP contribution in [0.15, 0.2) is 60.7 Å². The van der Waals surface area contributed by atoms with E-state index in [4.69, 9.17) is 4.74 Å². The highest BCUT2D eigenvalue weighted by Crippen LogP contribution is 2.17. The average Bonchev–Trinajstić information content (AvgIpc) is 3.23. The number of carbonyl (C=O) groups is 1. The topological polar surface area (TPSA) is 58.2 Å². The maximum Gasteiger partial charge on any atom is 0.222 e. The monoisotopic (exact) mass is 391 g/mol. The molecule has 29 heavy (non-hydrogen) atoms. The molecule has 0 bridgehead atoms. The minimum absolute atomic E-state index is 0.175. The van der Waals surface area contributed by atoms with E-state index in [0.29, 0.717) is 13.0 Å². The van der Waals surface area contributed by atoms with Crippen molar-refractivity contribution in [1.29, 1.82) is 0 Å². The van der Waals surface area contributed by atoms with Crippen LogP contribution in [0.2, 0.25) is 0 Å². The Labute approximate surface area is 172 Å². The molecule has 0 radical (unpaired) electrons. The minimum Gasteiger partial charge on any atom is -0.494 e. The van der Waals surface area contributed by atoms with Crippen LogP contribution in [0.4, 0.5) is 0 Å². The smallest absolute Gasteiger partial charge is 0.222 e. The van der Waals surface area contributed by atoms with Crippen molar-refractivity contribution in [2.45, 2.75) is 32.6 Å². The van der Waals surface area contributed by atoms with Gasteiger partial charge in [-0.1, -0.05) is 42.5 Å². The van der Waals surface area contributed by atoms with Crippen LogP contribution in [0.1, 0.15) is 31.0 Å². The molecule has 5 nitrogen and oxygen atoms in total. The molecule has 0 aliphatic heterocycles. The van der Waals surface area contributed by atoms with Crippen molar-refractivity contribution in [3.63, 3.8) is 0 Å². The Morgan fingerprint density at radius 3 is 2.55 bits per heavy atom. The van der Waals surface area contributed by atoms with Gasteiger partial charge in [-0.2, -0.15) is 5.10 Å². The first kappa shape index (κ1) is 20.6. The van der Waals surface area contributed by atoms with Gasteiger partial charge in [0.1, 0.15) is 5.75 Å². The number of rotatable bonds is 10. The number of nitrogens with zero attached hydrogens (tertiary/aromatic N) is 2. The van der Waals surface area contributed by atoms with Gasteiger partial charge in [-0.05, 0) is 49.9 Å².